The van der Waals surface area contributed by atoms with Crippen LogP contribution in [0.1, 0.15) is 21.7 Å². The maximum atomic E-state index is 11.9. The van der Waals surface area contributed by atoms with Crippen molar-refractivity contribution in [3.05, 3.63) is 47.3 Å². The molecule has 2 aromatic rings. The Kier molecular flexibility index (Phi) is 3.61. The summed E-state index contributed by atoms with van der Waals surface area (Å²) in [5.74, 6) is -1.32. The highest BCUT2D eigenvalue weighted by Crippen LogP contribution is 2.16. The molecule has 98 valence electrons. The normalized spacial score (nSPS) is 10.2. The molecule has 0 radical (unpaired) electrons. The Morgan fingerprint density at radius 1 is 1.37 bits per heavy atom. The third-order valence-electron chi connectivity index (χ3n) is 2.55. The summed E-state index contributed by atoms with van der Waals surface area (Å²) in [6.45, 7) is 1.79. The lowest BCUT2D eigenvalue weighted by molar-refractivity contribution is -0.136. The Morgan fingerprint density at radius 3 is 2.74 bits per heavy atom. The summed E-state index contributed by atoms with van der Waals surface area (Å²) in [5, 5.41) is 18.0. The first kappa shape index (κ1) is 12.8. The van der Waals surface area contributed by atoms with E-state index in [0.29, 0.717) is 11.3 Å². The highest BCUT2D eigenvalue weighted by atomic mass is 16.4. The summed E-state index contributed by atoms with van der Waals surface area (Å²) in [6, 6.07) is 8.41. The minimum atomic E-state index is -0.947. The van der Waals surface area contributed by atoms with Crippen molar-refractivity contribution in [2.75, 3.05) is 5.32 Å². The van der Waals surface area contributed by atoms with Crippen molar-refractivity contribution in [2.24, 2.45) is 0 Å². The smallest absolute Gasteiger partial charge is 0.307 e. The first-order chi connectivity index (χ1) is 9.06. The van der Waals surface area contributed by atoms with Crippen LogP contribution in [0.5, 0.6) is 0 Å². The van der Waals surface area contributed by atoms with Crippen LogP contribution in [-0.4, -0.2) is 27.2 Å². The number of carboxylic acid groups (broad SMARTS) is 1. The summed E-state index contributed by atoms with van der Waals surface area (Å²) < 4.78 is 0. The fourth-order valence-corrected chi connectivity index (χ4v) is 1.68. The molecule has 0 saturated carbocycles. The molecule has 1 amide bonds. The second-order valence-electron chi connectivity index (χ2n) is 4.12. The molecule has 1 heterocycles. The van der Waals surface area contributed by atoms with Crippen molar-refractivity contribution in [3.63, 3.8) is 0 Å². The monoisotopic (exact) mass is 259 g/mol. The van der Waals surface area contributed by atoms with Gasteiger partial charge >= 0.3 is 5.97 Å². The maximum absolute atomic E-state index is 11.9. The van der Waals surface area contributed by atoms with Gasteiger partial charge in [-0.25, -0.2) is 0 Å². The SMILES string of the molecule is Cc1cc(C(=O)Nc2ccccc2CC(=O)O)n[nH]1. The Balaban J connectivity index is 2.19. The lowest BCUT2D eigenvalue weighted by atomic mass is 10.1. The van der Waals surface area contributed by atoms with E-state index in [-0.39, 0.29) is 18.0 Å². The number of nitrogens with one attached hydrogen (secondary N) is 2. The van der Waals surface area contributed by atoms with E-state index < -0.39 is 5.97 Å². The number of H-pyrrole nitrogens is 1. The number of aryl methyl sites for hydroxylation is 1. The topological polar surface area (TPSA) is 95.1 Å². The van der Waals surface area contributed by atoms with Crippen molar-refractivity contribution in [2.45, 2.75) is 13.3 Å². The summed E-state index contributed by atoms with van der Waals surface area (Å²) in [5.41, 5.74) is 2.08. The van der Waals surface area contributed by atoms with Crippen LogP contribution < -0.4 is 5.32 Å². The Bertz CT molecular complexity index is 619. The summed E-state index contributed by atoms with van der Waals surface area (Å²) in [4.78, 5) is 22.7. The lowest BCUT2D eigenvalue weighted by Crippen LogP contribution is -2.14. The van der Waals surface area contributed by atoms with Gasteiger partial charge in [0.15, 0.2) is 5.69 Å². The molecule has 6 nitrogen and oxygen atoms in total. The number of carboxylic acids is 1. The second-order valence-corrected chi connectivity index (χ2v) is 4.12. The van der Waals surface area contributed by atoms with Gasteiger partial charge in [0.05, 0.1) is 6.42 Å². The molecule has 0 atom stereocenters. The molecule has 0 saturated heterocycles. The lowest BCUT2D eigenvalue weighted by Gasteiger charge is -2.08. The van der Waals surface area contributed by atoms with Crippen LogP contribution in [0.3, 0.4) is 0 Å². The fourth-order valence-electron chi connectivity index (χ4n) is 1.68. The summed E-state index contributed by atoms with van der Waals surface area (Å²) in [6.07, 6.45) is -0.143. The van der Waals surface area contributed by atoms with E-state index in [2.05, 4.69) is 15.5 Å². The van der Waals surface area contributed by atoms with Gasteiger partial charge in [-0.3, -0.25) is 14.7 Å². The number of aliphatic carboxylic acids is 1. The number of benzene rings is 1. The number of aromatic nitrogens is 2. The van der Waals surface area contributed by atoms with Crippen LogP contribution in [0, 0.1) is 6.92 Å². The van der Waals surface area contributed by atoms with Gasteiger partial charge in [0.1, 0.15) is 0 Å². The molecule has 0 aliphatic heterocycles. The van der Waals surface area contributed by atoms with Crippen molar-refractivity contribution in [3.8, 4) is 0 Å². The molecule has 19 heavy (non-hydrogen) atoms. The quantitative estimate of drug-likeness (QED) is 0.777. The van der Waals surface area contributed by atoms with Gasteiger partial charge < -0.3 is 10.4 Å². The number of aromatic amines is 1. The standard InChI is InChI=1S/C13H13N3O3/c1-8-6-11(16-15-8)13(19)14-10-5-3-2-4-9(10)7-12(17)18/h2-6H,7H2,1H3,(H,14,19)(H,15,16)(H,17,18). The Hall–Kier alpha value is -2.63. The number of rotatable bonds is 4. The molecule has 0 aliphatic rings. The van der Waals surface area contributed by atoms with Gasteiger partial charge in [-0.15, -0.1) is 0 Å². The van der Waals surface area contributed by atoms with Gasteiger partial charge in [0, 0.05) is 11.4 Å². The summed E-state index contributed by atoms with van der Waals surface area (Å²) in [7, 11) is 0. The third-order valence-corrected chi connectivity index (χ3v) is 2.55. The minimum absolute atomic E-state index is 0.143. The van der Waals surface area contributed by atoms with Gasteiger partial charge in [0.25, 0.3) is 5.91 Å². The largest absolute Gasteiger partial charge is 0.481 e. The zero-order valence-electron chi connectivity index (χ0n) is 10.3. The van der Waals surface area contributed by atoms with E-state index in [4.69, 9.17) is 5.11 Å². The van der Waals surface area contributed by atoms with E-state index in [9.17, 15) is 9.59 Å². The van der Waals surface area contributed by atoms with Gasteiger partial charge in [-0.1, -0.05) is 18.2 Å². The van der Waals surface area contributed by atoms with Gasteiger partial charge in [0.2, 0.25) is 0 Å². The maximum Gasteiger partial charge on any atom is 0.307 e. The van der Waals surface area contributed by atoms with Crippen molar-refractivity contribution >= 4 is 17.6 Å². The Morgan fingerprint density at radius 2 is 2.11 bits per heavy atom. The Labute approximate surface area is 109 Å². The zero-order chi connectivity index (χ0) is 13.8. The van der Waals surface area contributed by atoms with Crippen LogP contribution in [0.25, 0.3) is 0 Å². The molecule has 0 fully saturated rings. The predicted octanol–water partition coefficient (Wildman–Crippen LogP) is 1.60. The fraction of sp³-hybridized carbons (Fsp3) is 0.154. The van der Waals surface area contributed by atoms with Crippen LogP contribution in [0.4, 0.5) is 5.69 Å². The van der Waals surface area contributed by atoms with E-state index in [1.165, 1.54) is 0 Å². The van der Waals surface area contributed by atoms with E-state index in [0.717, 1.165) is 5.69 Å². The van der Waals surface area contributed by atoms with E-state index in [1.807, 2.05) is 0 Å². The first-order valence-corrected chi connectivity index (χ1v) is 5.69. The molecule has 3 N–H and O–H groups in total. The summed E-state index contributed by atoms with van der Waals surface area (Å²) >= 11 is 0. The van der Waals surface area contributed by atoms with Crippen LogP contribution in [-0.2, 0) is 11.2 Å². The average molecular weight is 259 g/mol. The van der Waals surface area contributed by atoms with Gasteiger partial charge in [-0.05, 0) is 24.6 Å². The molecule has 1 aromatic carbocycles. The van der Waals surface area contributed by atoms with E-state index >= 15 is 0 Å². The number of anilines is 1. The predicted molar refractivity (Wildman–Crippen MR) is 69.1 cm³/mol. The molecule has 0 aliphatic carbocycles. The highest BCUT2D eigenvalue weighted by Gasteiger charge is 2.12. The molecular formula is C13H13N3O3. The minimum Gasteiger partial charge on any atom is -0.481 e. The zero-order valence-corrected chi connectivity index (χ0v) is 10.3. The number of carbonyl (C=O) groups is 2. The van der Waals surface area contributed by atoms with E-state index in [1.54, 1.807) is 37.3 Å². The molecular weight excluding hydrogens is 246 g/mol. The van der Waals surface area contributed by atoms with Crippen molar-refractivity contribution in [1.29, 1.82) is 0 Å². The third kappa shape index (κ3) is 3.19. The number of hydrogen-bond acceptors (Lipinski definition) is 3. The number of para-hydroxylation sites is 1. The number of nitrogens with zero attached hydrogens (tertiary/aromatic N) is 1. The molecule has 0 unspecified atom stereocenters. The molecule has 2 rings (SSSR count). The van der Waals surface area contributed by atoms with Crippen LogP contribution in [0.2, 0.25) is 0 Å². The second kappa shape index (κ2) is 5.34. The highest BCUT2D eigenvalue weighted by molar-refractivity contribution is 6.03. The van der Waals surface area contributed by atoms with Crippen molar-refractivity contribution < 1.29 is 14.7 Å². The molecule has 6 heteroatoms. The molecule has 1 aromatic heterocycles. The molecule has 0 spiro atoms. The van der Waals surface area contributed by atoms with Crippen molar-refractivity contribution in [1.82, 2.24) is 10.2 Å². The number of carbonyl (C=O) groups excluding carboxylic acids is 1. The number of hydrogen-bond donors (Lipinski definition) is 3. The van der Waals surface area contributed by atoms with Crippen LogP contribution >= 0.6 is 0 Å². The first-order valence-electron chi connectivity index (χ1n) is 5.69. The average Bonchev–Trinajstić information content (AvgIpc) is 2.78. The van der Waals surface area contributed by atoms with Gasteiger partial charge in [-0.2, -0.15) is 5.10 Å². The molecule has 0 bridgehead atoms. The number of amides is 1. The van der Waals surface area contributed by atoms with Crippen LogP contribution in [0.15, 0.2) is 30.3 Å².